The van der Waals surface area contributed by atoms with Crippen LogP contribution < -0.4 is 0 Å². The highest BCUT2D eigenvalue weighted by Gasteiger charge is 2.24. The molecule has 8 heteroatoms. The second kappa shape index (κ2) is 8.11. The summed E-state index contributed by atoms with van der Waals surface area (Å²) in [7, 11) is 0. The molecule has 2 heterocycles. The first-order chi connectivity index (χ1) is 9.61. The Hall–Kier alpha value is -2.15. The fraction of sp³-hybridized carbons (Fsp3) is 0.500. The molecule has 1 fully saturated rings. The van der Waals surface area contributed by atoms with Crippen LogP contribution in [0.15, 0.2) is 18.5 Å². The summed E-state index contributed by atoms with van der Waals surface area (Å²) >= 11 is 0. The van der Waals surface area contributed by atoms with Gasteiger partial charge in [0.2, 0.25) is 0 Å². The van der Waals surface area contributed by atoms with Crippen LogP contribution in [0.4, 0.5) is 5.69 Å². The number of nitrogens with zero attached hydrogens (tertiary/aromatic N) is 3. The van der Waals surface area contributed by atoms with E-state index in [1.807, 2.05) is 6.92 Å². The van der Waals surface area contributed by atoms with Gasteiger partial charge in [0, 0.05) is 30.9 Å². The maximum absolute atomic E-state index is 10.9. The first-order valence-electron chi connectivity index (χ1n) is 6.01. The van der Waals surface area contributed by atoms with Gasteiger partial charge in [-0.05, 0) is 13.0 Å². The predicted molar refractivity (Wildman–Crippen MR) is 66.7 cm³/mol. The predicted octanol–water partition coefficient (Wildman–Crippen LogP) is 0.799. The van der Waals surface area contributed by atoms with E-state index in [4.69, 9.17) is 14.3 Å². The zero-order valence-electron chi connectivity index (χ0n) is 11.0. The van der Waals surface area contributed by atoms with Crippen LogP contribution in [0.25, 0.3) is 0 Å². The molecule has 0 aliphatic carbocycles. The molecule has 0 N–H and O–H groups in total. The summed E-state index contributed by atoms with van der Waals surface area (Å²) in [5.41, 5.74) is 0.804. The van der Waals surface area contributed by atoms with Crippen LogP contribution in [0.2, 0.25) is 0 Å². The van der Waals surface area contributed by atoms with E-state index >= 15 is 0 Å². The van der Waals surface area contributed by atoms with Crippen molar-refractivity contribution in [2.45, 2.75) is 13.0 Å². The smallest absolute Gasteiger partial charge is 0.373 e. The molecular formula is C12H15N3O5. The Labute approximate surface area is 115 Å². The maximum Gasteiger partial charge on any atom is 0.373 e. The van der Waals surface area contributed by atoms with Gasteiger partial charge in [0.15, 0.2) is 0 Å². The summed E-state index contributed by atoms with van der Waals surface area (Å²) in [6, 6.07) is 1.74. The van der Waals surface area contributed by atoms with Crippen LogP contribution in [-0.2, 0) is 14.3 Å². The topological polar surface area (TPSA) is 103 Å². The van der Waals surface area contributed by atoms with Gasteiger partial charge in [-0.3, -0.25) is 20.0 Å². The summed E-state index contributed by atoms with van der Waals surface area (Å²) in [6.45, 7) is 4.96. The molecule has 0 bridgehead atoms. The van der Waals surface area contributed by atoms with E-state index in [1.54, 1.807) is 12.3 Å². The minimum Gasteiger partial charge on any atom is -0.379 e. The molecule has 1 saturated heterocycles. The number of pyridine rings is 1. The van der Waals surface area contributed by atoms with Gasteiger partial charge in [-0.2, -0.15) is 9.59 Å². The summed E-state index contributed by atoms with van der Waals surface area (Å²) < 4.78 is 5.28. The van der Waals surface area contributed by atoms with Gasteiger partial charge in [-0.1, -0.05) is 0 Å². The molecule has 20 heavy (non-hydrogen) atoms. The van der Waals surface area contributed by atoms with Crippen molar-refractivity contribution in [1.82, 2.24) is 9.88 Å². The van der Waals surface area contributed by atoms with E-state index in [0.29, 0.717) is 18.8 Å². The number of nitro groups is 1. The van der Waals surface area contributed by atoms with Gasteiger partial charge in [0.1, 0.15) is 6.20 Å². The molecule has 1 aliphatic rings. The van der Waals surface area contributed by atoms with Crippen LogP contribution in [0.5, 0.6) is 0 Å². The van der Waals surface area contributed by atoms with Gasteiger partial charge in [-0.25, -0.2) is 0 Å². The lowest BCUT2D eigenvalue weighted by Gasteiger charge is -2.32. The van der Waals surface area contributed by atoms with E-state index in [2.05, 4.69) is 9.88 Å². The summed E-state index contributed by atoms with van der Waals surface area (Å²) in [4.78, 5) is 32.8. The second-order valence-corrected chi connectivity index (χ2v) is 4.10. The molecular weight excluding hydrogens is 266 g/mol. The monoisotopic (exact) mass is 281 g/mol. The van der Waals surface area contributed by atoms with Crippen LogP contribution in [0.1, 0.15) is 18.5 Å². The number of carbonyl (C=O) groups excluding carboxylic acids is 2. The molecule has 0 amide bonds. The number of aromatic nitrogens is 1. The number of ether oxygens (including phenoxy) is 1. The Balaban J connectivity index is 0.000000612. The van der Waals surface area contributed by atoms with E-state index in [0.717, 1.165) is 13.1 Å². The lowest BCUT2D eigenvalue weighted by atomic mass is 10.1. The van der Waals surface area contributed by atoms with Crippen LogP contribution in [0.3, 0.4) is 0 Å². The third kappa shape index (κ3) is 4.20. The van der Waals surface area contributed by atoms with Crippen molar-refractivity contribution in [1.29, 1.82) is 0 Å². The van der Waals surface area contributed by atoms with Gasteiger partial charge < -0.3 is 4.74 Å². The molecule has 1 aromatic rings. The standard InChI is InChI=1S/C11H15N3O3.CO2/c1-9(13-4-6-17-7-5-13)10-2-3-12-8-11(10)14(15)16;2-1-3/h2-3,8-9H,4-7H2,1H3;. The molecule has 0 spiro atoms. The number of hydrogen-bond acceptors (Lipinski definition) is 7. The molecule has 1 aliphatic heterocycles. The molecule has 1 unspecified atom stereocenters. The lowest BCUT2D eigenvalue weighted by Crippen LogP contribution is -2.38. The van der Waals surface area contributed by atoms with Crippen molar-refractivity contribution in [3.05, 3.63) is 34.1 Å². The SMILES string of the molecule is CC(c1ccncc1[N+](=O)[O-])N1CCOCC1.O=C=O. The molecule has 0 radical (unpaired) electrons. The quantitative estimate of drug-likeness (QED) is 0.596. The number of morpholine rings is 1. The van der Waals surface area contributed by atoms with Gasteiger partial charge in [0.05, 0.1) is 18.1 Å². The molecule has 0 aromatic carbocycles. The summed E-state index contributed by atoms with van der Waals surface area (Å²) in [5.74, 6) is 0. The number of rotatable bonds is 3. The van der Waals surface area contributed by atoms with E-state index < -0.39 is 0 Å². The highest BCUT2D eigenvalue weighted by Crippen LogP contribution is 2.28. The minimum absolute atomic E-state index is 0.0160. The van der Waals surface area contributed by atoms with Gasteiger partial charge in [0.25, 0.3) is 5.69 Å². The van der Waals surface area contributed by atoms with Gasteiger partial charge in [-0.15, -0.1) is 0 Å². The zero-order valence-corrected chi connectivity index (χ0v) is 11.0. The Morgan fingerprint density at radius 3 is 2.60 bits per heavy atom. The van der Waals surface area contributed by atoms with Crippen LogP contribution in [0, 0.1) is 10.1 Å². The Morgan fingerprint density at radius 1 is 1.45 bits per heavy atom. The van der Waals surface area contributed by atoms with Crippen molar-refractivity contribution in [3.8, 4) is 0 Å². The molecule has 2 rings (SSSR count). The highest BCUT2D eigenvalue weighted by molar-refractivity contribution is 5.39. The normalized spacial score (nSPS) is 16.4. The maximum atomic E-state index is 10.9. The molecule has 108 valence electrons. The lowest BCUT2D eigenvalue weighted by molar-refractivity contribution is -0.386. The number of hydrogen-bond donors (Lipinski definition) is 0. The van der Waals surface area contributed by atoms with Crippen molar-refractivity contribution in [3.63, 3.8) is 0 Å². The minimum atomic E-state index is -0.376. The van der Waals surface area contributed by atoms with Crippen molar-refractivity contribution < 1.29 is 19.2 Å². The fourth-order valence-corrected chi connectivity index (χ4v) is 2.06. The van der Waals surface area contributed by atoms with Crippen molar-refractivity contribution >= 4 is 11.8 Å². The summed E-state index contributed by atoms with van der Waals surface area (Å²) in [6.07, 6.45) is 3.16. The molecule has 0 saturated carbocycles. The zero-order chi connectivity index (χ0) is 15.0. The van der Waals surface area contributed by atoms with Crippen molar-refractivity contribution in [2.24, 2.45) is 0 Å². The largest absolute Gasteiger partial charge is 0.379 e. The molecule has 1 atom stereocenters. The third-order valence-electron chi connectivity index (χ3n) is 3.07. The van der Waals surface area contributed by atoms with E-state index in [9.17, 15) is 10.1 Å². The van der Waals surface area contributed by atoms with Gasteiger partial charge >= 0.3 is 6.15 Å². The van der Waals surface area contributed by atoms with Crippen LogP contribution >= 0.6 is 0 Å². The Bertz CT molecular complexity index is 482. The fourth-order valence-electron chi connectivity index (χ4n) is 2.06. The second-order valence-electron chi connectivity index (χ2n) is 4.10. The Kier molecular flexibility index (Phi) is 6.45. The average molecular weight is 281 g/mol. The first kappa shape index (κ1) is 15.9. The first-order valence-corrected chi connectivity index (χ1v) is 6.01. The third-order valence-corrected chi connectivity index (χ3v) is 3.07. The highest BCUT2D eigenvalue weighted by atomic mass is 16.6. The summed E-state index contributed by atoms with van der Waals surface area (Å²) in [5, 5.41) is 10.9. The average Bonchev–Trinajstić information content (AvgIpc) is 2.48. The molecule has 8 nitrogen and oxygen atoms in total. The van der Waals surface area contributed by atoms with Crippen LogP contribution in [-0.4, -0.2) is 47.3 Å². The molecule has 1 aromatic heterocycles. The van der Waals surface area contributed by atoms with E-state index in [-0.39, 0.29) is 22.8 Å². The Morgan fingerprint density at radius 2 is 2.05 bits per heavy atom. The van der Waals surface area contributed by atoms with E-state index in [1.165, 1.54) is 6.20 Å². The van der Waals surface area contributed by atoms with Crippen molar-refractivity contribution in [2.75, 3.05) is 26.3 Å².